The minimum atomic E-state index is 0. The lowest BCUT2D eigenvalue weighted by Crippen LogP contribution is -2.28. The molecule has 0 radical (unpaired) electrons. The molecule has 1 aliphatic heterocycles. The summed E-state index contributed by atoms with van der Waals surface area (Å²) in [5.41, 5.74) is 2.10. The molecule has 0 spiro atoms. The molecule has 2 heterocycles. The molecule has 5 nitrogen and oxygen atoms in total. The number of amides is 1. The monoisotopic (exact) mass is 348 g/mol. The highest BCUT2D eigenvalue weighted by molar-refractivity contribution is 5.92. The van der Waals surface area contributed by atoms with Crippen LogP contribution in [0.2, 0.25) is 0 Å². The van der Waals surface area contributed by atoms with E-state index >= 15 is 0 Å². The van der Waals surface area contributed by atoms with Gasteiger partial charge in [0.1, 0.15) is 0 Å². The van der Waals surface area contributed by atoms with Crippen LogP contribution in [0.5, 0.6) is 0 Å². The summed E-state index contributed by atoms with van der Waals surface area (Å²) in [5.74, 6) is 0.792. The number of benzene rings is 1. The predicted octanol–water partition coefficient (Wildman–Crippen LogP) is 3.65. The van der Waals surface area contributed by atoms with E-state index < -0.39 is 0 Å². The number of nitrogens with one attached hydrogen (secondary N) is 2. The third kappa shape index (κ3) is 3.42. The SMILES string of the molecule is Cl.O=C(CC1CCCN1)Nc1nc2ccccc2n1C1CCCC1. The molecule has 130 valence electrons. The van der Waals surface area contributed by atoms with Crippen LogP contribution in [0.15, 0.2) is 24.3 Å². The lowest BCUT2D eigenvalue weighted by Gasteiger charge is -2.17. The standard InChI is InChI=1S/C18H24N4O.ClH/c23-17(12-13-6-5-11-19-13)21-18-20-15-9-3-4-10-16(15)22(18)14-7-1-2-8-14;/h3-4,9-10,13-14,19H,1-2,5-8,11-12H2,(H,20,21,23);1H. The summed E-state index contributed by atoms with van der Waals surface area (Å²) in [4.78, 5) is 17.1. The summed E-state index contributed by atoms with van der Waals surface area (Å²) in [6.07, 6.45) is 7.66. The van der Waals surface area contributed by atoms with E-state index in [1.165, 1.54) is 32.1 Å². The smallest absolute Gasteiger partial charge is 0.228 e. The average molecular weight is 349 g/mol. The van der Waals surface area contributed by atoms with Gasteiger partial charge in [-0.25, -0.2) is 4.98 Å². The first-order valence-corrected chi connectivity index (χ1v) is 8.81. The van der Waals surface area contributed by atoms with E-state index in [-0.39, 0.29) is 18.3 Å². The molecule has 1 unspecified atom stereocenters. The number of rotatable bonds is 4. The van der Waals surface area contributed by atoms with Gasteiger partial charge in [0.25, 0.3) is 0 Å². The second-order valence-electron chi connectivity index (χ2n) is 6.78. The van der Waals surface area contributed by atoms with Gasteiger partial charge < -0.3 is 9.88 Å². The van der Waals surface area contributed by atoms with Crippen LogP contribution in [-0.4, -0.2) is 28.0 Å². The molecular formula is C18H25ClN4O. The Labute approximate surface area is 148 Å². The van der Waals surface area contributed by atoms with E-state index in [9.17, 15) is 4.79 Å². The number of halogens is 1. The Balaban J connectivity index is 0.00000169. The van der Waals surface area contributed by atoms with Gasteiger partial charge in [0.05, 0.1) is 11.0 Å². The van der Waals surface area contributed by atoms with Crippen molar-refractivity contribution in [2.24, 2.45) is 0 Å². The fourth-order valence-electron chi connectivity index (χ4n) is 4.00. The number of imidazole rings is 1. The molecule has 24 heavy (non-hydrogen) atoms. The lowest BCUT2D eigenvalue weighted by atomic mass is 10.1. The van der Waals surface area contributed by atoms with Crippen LogP contribution in [0.1, 0.15) is 51.0 Å². The number of aromatic nitrogens is 2. The molecule has 2 aliphatic rings. The number of para-hydroxylation sites is 2. The molecule has 6 heteroatoms. The Bertz CT molecular complexity index is 702. The molecular weight excluding hydrogens is 324 g/mol. The summed E-state index contributed by atoms with van der Waals surface area (Å²) in [7, 11) is 0. The van der Waals surface area contributed by atoms with Crippen molar-refractivity contribution in [1.29, 1.82) is 0 Å². The Morgan fingerprint density at radius 2 is 2.00 bits per heavy atom. The van der Waals surface area contributed by atoms with Gasteiger partial charge in [-0.15, -0.1) is 12.4 Å². The number of nitrogens with zero attached hydrogens (tertiary/aromatic N) is 2. The zero-order chi connectivity index (χ0) is 15.6. The minimum absolute atomic E-state index is 0. The van der Waals surface area contributed by atoms with Gasteiger partial charge in [-0.1, -0.05) is 25.0 Å². The number of hydrogen-bond donors (Lipinski definition) is 2. The molecule has 1 aliphatic carbocycles. The highest BCUT2D eigenvalue weighted by Gasteiger charge is 2.24. The highest BCUT2D eigenvalue weighted by atomic mass is 35.5. The normalized spacial score (nSPS) is 21.1. The van der Waals surface area contributed by atoms with E-state index in [0.717, 1.165) is 29.9 Å². The average Bonchev–Trinajstić information content (AvgIpc) is 3.26. The van der Waals surface area contributed by atoms with Gasteiger partial charge in [0.2, 0.25) is 11.9 Å². The quantitative estimate of drug-likeness (QED) is 0.886. The van der Waals surface area contributed by atoms with Crippen molar-refractivity contribution in [1.82, 2.24) is 14.9 Å². The molecule has 1 aromatic heterocycles. The van der Waals surface area contributed by atoms with Crippen LogP contribution < -0.4 is 10.6 Å². The predicted molar refractivity (Wildman–Crippen MR) is 98.8 cm³/mol. The largest absolute Gasteiger partial charge is 0.313 e. The summed E-state index contributed by atoms with van der Waals surface area (Å²) in [5, 5.41) is 6.46. The number of carbonyl (C=O) groups is 1. The van der Waals surface area contributed by atoms with Crippen LogP contribution >= 0.6 is 12.4 Å². The fraction of sp³-hybridized carbons (Fsp3) is 0.556. The molecule has 0 bridgehead atoms. The van der Waals surface area contributed by atoms with Crippen LogP contribution in [0.4, 0.5) is 5.95 Å². The zero-order valence-corrected chi connectivity index (χ0v) is 14.6. The van der Waals surface area contributed by atoms with E-state index in [1.54, 1.807) is 0 Å². The van der Waals surface area contributed by atoms with E-state index in [4.69, 9.17) is 0 Å². The third-order valence-corrected chi connectivity index (χ3v) is 5.13. The summed E-state index contributed by atoms with van der Waals surface area (Å²) in [6.45, 7) is 1.03. The molecule has 1 aromatic carbocycles. The lowest BCUT2D eigenvalue weighted by molar-refractivity contribution is -0.116. The Morgan fingerprint density at radius 3 is 2.75 bits per heavy atom. The van der Waals surface area contributed by atoms with Crippen LogP contribution in [-0.2, 0) is 4.79 Å². The maximum absolute atomic E-state index is 12.4. The molecule has 1 atom stereocenters. The molecule has 2 aromatic rings. The first kappa shape index (κ1) is 17.2. The maximum atomic E-state index is 12.4. The highest BCUT2D eigenvalue weighted by Crippen LogP contribution is 2.35. The van der Waals surface area contributed by atoms with Gasteiger partial charge in [-0.2, -0.15) is 0 Å². The van der Waals surface area contributed by atoms with E-state index in [2.05, 4.69) is 26.3 Å². The molecule has 1 amide bonds. The Kier molecular flexibility index (Phi) is 5.41. The number of carbonyl (C=O) groups excluding carboxylic acids is 1. The van der Waals surface area contributed by atoms with Crippen LogP contribution in [0.3, 0.4) is 0 Å². The van der Waals surface area contributed by atoms with Crippen LogP contribution in [0.25, 0.3) is 11.0 Å². The van der Waals surface area contributed by atoms with Crippen molar-refractivity contribution in [3.63, 3.8) is 0 Å². The van der Waals surface area contributed by atoms with Gasteiger partial charge in [-0.05, 0) is 44.4 Å². The number of anilines is 1. The van der Waals surface area contributed by atoms with Gasteiger partial charge >= 0.3 is 0 Å². The van der Waals surface area contributed by atoms with Crippen molar-refractivity contribution in [3.05, 3.63) is 24.3 Å². The first-order valence-electron chi connectivity index (χ1n) is 8.81. The van der Waals surface area contributed by atoms with E-state index in [1.807, 2.05) is 18.2 Å². The minimum Gasteiger partial charge on any atom is -0.313 e. The molecule has 2 fully saturated rings. The van der Waals surface area contributed by atoms with Gasteiger partial charge in [0, 0.05) is 18.5 Å². The number of fused-ring (bicyclic) bond motifs is 1. The van der Waals surface area contributed by atoms with Crippen LogP contribution in [0, 0.1) is 0 Å². The summed E-state index contributed by atoms with van der Waals surface area (Å²) < 4.78 is 2.25. The fourth-order valence-corrected chi connectivity index (χ4v) is 4.00. The second-order valence-corrected chi connectivity index (χ2v) is 6.78. The van der Waals surface area contributed by atoms with Crippen molar-refractivity contribution in [2.45, 2.75) is 57.0 Å². The second kappa shape index (κ2) is 7.53. The van der Waals surface area contributed by atoms with Gasteiger partial charge in [-0.3, -0.25) is 10.1 Å². The van der Waals surface area contributed by atoms with E-state index in [0.29, 0.717) is 18.5 Å². The summed E-state index contributed by atoms with van der Waals surface area (Å²) >= 11 is 0. The number of hydrogen-bond acceptors (Lipinski definition) is 3. The van der Waals surface area contributed by atoms with Crippen molar-refractivity contribution >= 4 is 35.3 Å². The van der Waals surface area contributed by atoms with Crippen molar-refractivity contribution in [3.8, 4) is 0 Å². The molecule has 2 N–H and O–H groups in total. The van der Waals surface area contributed by atoms with Crippen molar-refractivity contribution < 1.29 is 4.79 Å². The first-order chi connectivity index (χ1) is 11.3. The Hall–Kier alpha value is -1.59. The topological polar surface area (TPSA) is 59.0 Å². The molecule has 4 rings (SSSR count). The Morgan fingerprint density at radius 1 is 1.21 bits per heavy atom. The maximum Gasteiger partial charge on any atom is 0.228 e. The third-order valence-electron chi connectivity index (χ3n) is 5.13. The van der Waals surface area contributed by atoms with Gasteiger partial charge in [0.15, 0.2) is 0 Å². The molecule has 1 saturated carbocycles. The summed E-state index contributed by atoms with van der Waals surface area (Å²) in [6, 6.07) is 8.96. The molecule has 1 saturated heterocycles. The van der Waals surface area contributed by atoms with Crippen molar-refractivity contribution in [2.75, 3.05) is 11.9 Å². The zero-order valence-electron chi connectivity index (χ0n) is 13.8.